The minimum absolute atomic E-state index is 0.215. The van der Waals surface area contributed by atoms with Crippen LogP contribution in [0.3, 0.4) is 0 Å². The van der Waals surface area contributed by atoms with Gasteiger partial charge in [-0.05, 0) is 35.7 Å². The van der Waals surface area contributed by atoms with E-state index >= 15 is 0 Å². The number of nitrogens with one attached hydrogen (secondary N) is 2. The predicted molar refractivity (Wildman–Crippen MR) is 95.7 cm³/mol. The number of carbonyl (C=O) groups is 2. The minimum Gasteiger partial charge on any atom is -0.350 e. The Morgan fingerprint density at radius 3 is 2.27 bits per heavy atom. The lowest BCUT2D eigenvalue weighted by atomic mass is 10.0. The first-order valence-electron chi connectivity index (χ1n) is 8.06. The molecular formula is C19H19ClF2N2O2. The maximum absolute atomic E-state index is 13.7. The van der Waals surface area contributed by atoms with Crippen LogP contribution in [0.2, 0.25) is 5.02 Å². The van der Waals surface area contributed by atoms with Crippen LogP contribution in [0, 0.1) is 17.6 Å². The number of amides is 2. The molecule has 0 heterocycles. The first kappa shape index (κ1) is 19.8. The number of halogens is 3. The fourth-order valence-electron chi connectivity index (χ4n) is 2.41. The molecule has 0 bridgehead atoms. The van der Waals surface area contributed by atoms with Crippen molar-refractivity contribution in [1.82, 2.24) is 10.6 Å². The van der Waals surface area contributed by atoms with Gasteiger partial charge in [0, 0.05) is 11.6 Å². The molecule has 0 aliphatic heterocycles. The van der Waals surface area contributed by atoms with Crippen LogP contribution in [0.4, 0.5) is 8.78 Å². The monoisotopic (exact) mass is 380 g/mol. The van der Waals surface area contributed by atoms with E-state index in [0.717, 1.165) is 17.7 Å². The highest BCUT2D eigenvalue weighted by molar-refractivity contribution is 6.30. The summed E-state index contributed by atoms with van der Waals surface area (Å²) in [5.74, 6) is -3.68. The van der Waals surface area contributed by atoms with Gasteiger partial charge in [0.05, 0.1) is 0 Å². The summed E-state index contributed by atoms with van der Waals surface area (Å²) in [4.78, 5) is 24.7. The smallest absolute Gasteiger partial charge is 0.257 e. The first-order valence-corrected chi connectivity index (χ1v) is 8.44. The van der Waals surface area contributed by atoms with Gasteiger partial charge in [0.2, 0.25) is 5.91 Å². The minimum atomic E-state index is -0.982. The van der Waals surface area contributed by atoms with Crippen LogP contribution in [0.5, 0.6) is 0 Å². The molecule has 0 saturated carbocycles. The summed E-state index contributed by atoms with van der Waals surface area (Å²) in [6, 6.07) is 9.17. The Balaban J connectivity index is 2.08. The number of benzene rings is 2. The fraction of sp³-hybridized carbons (Fsp3) is 0.263. The zero-order chi connectivity index (χ0) is 19.3. The van der Waals surface area contributed by atoms with Gasteiger partial charge in [0.25, 0.3) is 5.91 Å². The summed E-state index contributed by atoms with van der Waals surface area (Å²) in [5.41, 5.74) is 0.0839. The van der Waals surface area contributed by atoms with Gasteiger partial charge in [-0.3, -0.25) is 9.59 Å². The Bertz CT molecular complexity index is 792. The third-order valence-corrected chi connectivity index (χ3v) is 4.02. The van der Waals surface area contributed by atoms with Gasteiger partial charge < -0.3 is 10.6 Å². The van der Waals surface area contributed by atoms with Crippen molar-refractivity contribution in [1.29, 1.82) is 0 Å². The van der Waals surface area contributed by atoms with Gasteiger partial charge in [-0.2, -0.15) is 0 Å². The standard InChI is InChI=1S/C19H19ClF2N2O2/c1-11(2)17(19(26)23-10-12-5-3-6-13(20)9-12)24-18(25)16-14(21)7-4-8-15(16)22/h3-9,11,17H,10H2,1-2H3,(H,23,26)(H,24,25)/t17-/m0/s1. The molecule has 2 amide bonds. The third kappa shape index (κ3) is 5.02. The molecule has 7 heteroatoms. The van der Waals surface area contributed by atoms with E-state index in [4.69, 9.17) is 11.6 Å². The molecule has 2 N–H and O–H groups in total. The van der Waals surface area contributed by atoms with Crippen molar-refractivity contribution < 1.29 is 18.4 Å². The molecule has 138 valence electrons. The zero-order valence-corrected chi connectivity index (χ0v) is 15.1. The molecule has 2 rings (SSSR count). The van der Waals surface area contributed by atoms with Crippen LogP contribution < -0.4 is 10.6 Å². The van der Waals surface area contributed by atoms with Gasteiger partial charge >= 0.3 is 0 Å². The number of hydrogen-bond acceptors (Lipinski definition) is 2. The molecule has 0 aliphatic rings. The van der Waals surface area contributed by atoms with E-state index in [0.29, 0.717) is 5.02 Å². The average Bonchev–Trinajstić information content (AvgIpc) is 2.57. The molecule has 0 unspecified atom stereocenters. The van der Waals surface area contributed by atoms with Gasteiger partial charge in [-0.25, -0.2) is 8.78 Å². The zero-order valence-electron chi connectivity index (χ0n) is 14.4. The van der Waals surface area contributed by atoms with Crippen LogP contribution >= 0.6 is 11.6 Å². The van der Waals surface area contributed by atoms with E-state index in [1.54, 1.807) is 38.1 Å². The summed E-state index contributed by atoms with van der Waals surface area (Å²) < 4.78 is 27.5. The Morgan fingerprint density at radius 2 is 1.69 bits per heavy atom. The van der Waals surface area contributed by atoms with Gasteiger partial charge in [0.1, 0.15) is 23.2 Å². The second kappa shape index (κ2) is 8.76. The number of hydrogen-bond donors (Lipinski definition) is 2. The van der Waals surface area contributed by atoms with Crippen molar-refractivity contribution in [3.8, 4) is 0 Å². The van der Waals surface area contributed by atoms with Crippen molar-refractivity contribution >= 4 is 23.4 Å². The van der Waals surface area contributed by atoms with E-state index < -0.39 is 35.1 Å². The molecule has 4 nitrogen and oxygen atoms in total. The highest BCUT2D eigenvalue weighted by atomic mass is 35.5. The second-order valence-electron chi connectivity index (χ2n) is 6.14. The molecule has 0 aliphatic carbocycles. The highest BCUT2D eigenvalue weighted by Crippen LogP contribution is 2.14. The Hall–Kier alpha value is -2.47. The maximum Gasteiger partial charge on any atom is 0.257 e. The van der Waals surface area contributed by atoms with Crippen LogP contribution in [0.15, 0.2) is 42.5 Å². The maximum atomic E-state index is 13.7. The first-order chi connectivity index (χ1) is 12.3. The molecule has 2 aromatic carbocycles. The lowest BCUT2D eigenvalue weighted by molar-refractivity contribution is -0.124. The van der Waals surface area contributed by atoms with Crippen LogP contribution in [0.25, 0.3) is 0 Å². The Morgan fingerprint density at radius 1 is 1.08 bits per heavy atom. The van der Waals surface area contributed by atoms with E-state index in [1.807, 2.05) is 0 Å². The SMILES string of the molecule is CC(C)[C@H](NC(=O)c1c(F)cccc1F)C(=O)NCc1cccc(Cl)c1. The molecule has 1 atom stereocenters. The summed E-state index contributed by atoms with van der Waals surface area (Å²) in [6.45, 7) is 3.66. The normalized spacial score (nSPS) is 11.9. The van der Waals surface area contributed by atoms with E-state index in [-0.39, 0.29) is 12.5 Å². The third-order valence-electron chi connectivity index (χ3n) is 3.78. The molecule has 0 spiro atoms. The average molecular weight is 381 g/mol. The molecule has 0 aromatic heterocycles. The molecule has 0 radical (unpaired) electrons. The fourth-order valence-corrected chi connectivity index (χ4v) is 2.62. The van der Waals surface area contributed by atoms with Crippen molar-refractivity contribution in [2.75, 3.05) is 0 Å². The van der Waals surface area contributed by atoms with Crippen molar-refractivity contribution in [2.45, 2.75) is 26.4 Å². The molecule has 0 fully saturated rings. The number of rotatable bonds is 6. The van der Waals surface area contributed by atoms with Crippen molar-refractivity contribution in [3.05, 3.63) is 70.2 Å². The molecule has 2 aromatic rings. The lowest BCUT2D eigenvalue weighted by Crippen LogP contribution is -2.49. The van der Waals surface area contributed by atoms with E-state index in [2.05, 4.69) is 10.6 Å². The van der Waals surface area contributed by atoms with E-state index in [9.17, 15) is 18.4 Å². The van der Waals surface area contributed by atoms with Gasteiger partial charge in [-0.15, -0.1) is 0 Å². The Kier molecular flexibility index (Phi) is 6.69. The summed E-state index contributed by atoms with van der Waals surface area (Å²) in [7, 11) is 0. The van der Waals surface area contributed by atoms with Gasteiger partial charge in [0.15, 0.2) is 0 Å². The topological polar surface area (TPSA) is 58.2 Å². The largest absolute Gasteiger partial charge is 0.350 e. The van der Waals surface area contributed by atoms with E-state index in [1.165, 1.54) is 6.07 Å². The predicted octanol–water partition coefficient (Wildman–Crippen LogP) is 3.69. The quantitative estimate of drug-likeness (QED) is 0.803. The molecule has 0 saturated heterocycles. The lowest BCUT2D eigenvalue weighted by Gasteiger charge is -2.22. The Labute approximate surface area is 155 Å². The number of carbonyl (C=O) groups excluding carboxylic acids is 2. The highest BCUT2D eigenvalue weighted by Gasteiger charge is 2.27. The summed E-state index contributed by atoms with van der Waals surface area (Å²) in [5, 5.41) is 5.64. The molecule has 26 heavy (non-hydrogen) atoms. The van der Waals surface area contributed by atoms with Gasteiger partial charge in [-0.1, -0.05) is 43.6 Å². The van der Waals surface area contributed by atoms with Crippen LogP contribution in [-0.4, -0.2) is 17.9 Å². The summed E-state index contributed by atoms with van der Waals surface area (Å²) >= 11 is 5.90. The second-order valence-corrected chi connectivity index (χ2v) is 6.58. The van der Waals surface area contributed by atoms with Crippen LogP contribution in [0.1, 0.15) is 29.8 Å². The van der Waals surface area contributed by atoms with Crippen molar-refractivity contribution in [2.24, 2.45) is 5.92 Å². The van der Waals surface area contributed by atoms with Crippen molar-refractivity contribution in [3.63, 3.8) is 0 Å². The summed E-state index contributed by atoms with van der Waals surface area (Å²) in [6.07, 6.45) is 0. The van der Waals surface area contributed by atoms with Crippen LogP contribution in [-0.2, 0) is 11.3 Å². The molecular weight excluding hydrogens is 362 g/mol.